The molecule has 1 aromatic rings. The SMILES string of the molecule is CCCC1(C(=O)O)CCN(C(=O)c2ccc(F)c(Br)c2)C1. The topological polar surface area (TPSA) is 57.6 Å². The van der Waals surface area contributed by atoms with Gasteiger partial charge < -0.3 is 10.0 Å². The maximum Gasteiger partial charge on any atom is 0.311 e. The van der Waals surface area contributed by atoms with Gasteiger partial charge in [0.1, 0.15) is 5.82 Å². The summed E-state index contributed by atoms with van der Waals surface area (Å²) >= 11 is 3.05. The van der Waals surface area contributed by atoms with Crippen molar-refractivity contribution in [2.45, 2.75) is 26.2 Å². The number of carbonyl (C=O) groups is 2. The highest BCUT2D eigenvalue weighted by molar-refractivity contribution is 9.10. The average Bonchev–Trinajstić information content (AvgIpc) is 2.87. The van der Waals surface area contributed by atoms with Gasteiger partial charge in [-0.3, -0.25) is 9.59 Å². The molecule has 1 amide bonds. The first-order valence-corrected chi connectivity index (χ1v) is 7.66. The van der Waals surface area contributed by atoms with Crippen molar-refractivity contribution in [3.8, 4) is 0 Å². The molecule has 0 saturated carbocycles. The van der Waals surface area contributed by atoms with Gasteiger partial charge in [0.2, 0.25) is 0 Å². The second kappa shape index (κ2) is 6.13. The monoisotopic (exact) mass is 357 g/mol. The number of likely N-dealkylation sites (tertiary alicyclic amines) is 1. The number of halogens is 2. The fourth-order valence-corrected chi connectivity index (χ4v) is 3.20. The highest BCUT2D eigenvalue weighted by atomic mass is 79.9. The third kappa shape index (κ3) is 3.10. The Bertz CT molecular complexity index is 578. The van der Waals surface area contributed by atoms with Gasteiger partial charge in [-0.05, 0) is 47.0 Å². The fraction of sp³-hybridized carbons (Fsp3) is 0.467. The average molecular weight is 358 g/mol. The van der Waals surface area contributed by atoms with Crippen molar-refractivity contribution in [1.82, 2.24) is 4.90 Å². The molecule has 1 aliphatic heterocycles. The smallest absolute Gasteiger partial charge is 0.311 e. The summed E-state index contributed by atoms with van der Waals surface area (Å²) in [6.45, 7) is 2.57. The van der Waals surface area contributed by atoms with E-state index in [1.165, 1.54) is 18.2 Å². The number of carboxylic acid groups (broad SMARTS) is 1. The second-order valence-electron chi connectivity index (χ2n) is 5.44. The number of hydrogen-bond donors (Lipinski definition) is 1. The van der Waals surface area contributed by atoms with Crippen LogP contribution in [0, 0.1) is 11.2 Å². The summed E-state index contributed by atoms with van der Waals surface area (Å²) in [5, 5.41) is 9.45. The molecular weight excluding hydrogens is 341 g/mol. The molecular formula is C15H17BrFNO3. The van der Waals surface area contributed by atoms with Crippen molar-refractivity contribution in [3.63, 3.8) is 0 Å². The Morgan fingerprint density at radius 3 is 2.76 bits per heavy atom. The zero-order valence-electron chi connectivity index (χ0n) is 11.7. The number of rotatable bonds is 4. The molecule has 1 aromatic carbocycles. The second-order valence-corrected chi connectivity index (χ2v) is 6.30. The molecule has 1 atom stereocenters. The molecule has 0 aliphatic carbocycles. The first kappa shape index (κ1) is 15.9. The summed E-state index contributed by atoms with van der Waals surface area (Å²) in [4.78, 5) is 25.5. The van der Waals surface area contributed by atoms with E-state index >= 15 is 0 Å². The minimum atomic E-state index is -0.847. The standard InChI is InChI=1S/C15H17BrFNO3/c1-2-5-15(14(20)21)6-7-18(9-15)13(19)10-3-4-12(17)11(16)8-10/h3-4,8H,2,5-7,9H2,1H3,(H,20,21). The molecule has 114 valence electrons. The molecule has 0 spiro atoms. The van der Waals surface area contributed by atoms with Crippen molar-refractivity contribution >= 4 is 27.8 Å². The predicted molar refractivity (Wildman–Crippen MR) is 79.6 cm³/mol. The number of nitrogens with zero attached hydrogens (tertiary/aromatic N) is 1. The molecule has 21 heavy (non-hydrogen) atoms. The van der Waals surface area contributed by atoms with Crippen LogP contribution in [0.5, 0.6) is 0 Å². The van der Waals surface area contributed by atoms with Crippen LogP contribution in [0.15, 0.2) is 22.7 Å². The quantitative estimate of drug-likeness (QED) is 0.899. The van der Waals surface area contributed by atoms with E-state index < -0.39 is 17.2 Å². The van der Waals surface area contributed by atoms with Gasteiger partial charge in [0.15, 0.2) is 0 Å². The van der Waals surface area contributed by atoms with Crippen molar-refractivity contribution in [1.29, 1.82) is 0 Å². The summed E-state index contributed by atoms with van der Waals surface area (Å²) in [6.07, 6.45) is 1.78. The van der Waals surface area contributed by atoms with Crippen molar-refractivity contribution < 1.29 is 19.1 Å². The molecule has 0 aromatic heterocycles. The summed E-state index contributed by atoms with van der Waals surface area (Å²) in [6, 6.07) is 4.07. The highest BCUT2D eigenvalue weighted by Crippen LogP contribution is 2.36. The van der Waals surface area contributed by atoms with E-state index in [9.17, 15) is 19.1 Å². The summed E-state index contributed by atoms with van der Waals surface area (Å²) in [5.41, 5.74) is -0.484. The minimum Gasteiger partial charge on any atom is -0.481 e. The third-order valence-corrected chi connectivity index (χ3v) is 4.60. The molecule has 2 rings (SSSR count). The van der Waals surface area contributed by atoms with E-state index in [-0.39, 0.29) is 16.9 Å². The van der Waals surface area contributed by atoms with Crippen LogP contribution in [0.3, 0.4) is 0 Å². The molecule has 1 N–H and O–H groups in total. The maximum atomic E-state index is 13.2. The van der Waals surface area contributed by atoms with Crippen LogP contribution in [0.1, 0.15) is 36.5 Å². The van der Waals surface area contributed by atoms with Crippen LogP contribution in [0.4, 0.5) is 4.39 Å². The number of aliphatic carboxylic acids is 1. The number of amides is 1. The molecule has 0 radical (unpaired) electrons. The van der Waals surface area contributed by atoms with Crippen LogP contribution < -0.4 is 0 Å². The molecule has 0 bridgehead atoms. The van der Waals surface area contributed by atoms with Gasteiger partial charge in [0, 0.05) is 18.7 Å². The first-order valence-electron chi connectivity index (χ1n) is 6.87. The van der Waals surface area contributed by atoms with E-state index in [2.05, 4.69) is 15.9 Å². The van der Waals surface area contributed by atoms with Crippen molar-refractivity contribution in [2.75, 3.05) is 13.1 Å². The number of benzene rings is 1. The predicted octanol–water partition coefficient (Wildman–Crippen LogP) is 3.31. The van der Waals surface area contributed by atoms with Gasteiger partial charge in [-0.2, -0.15) is 0 Å². The van der Waals surface area contributed by atoms with Gasteiger partial charge in [-0.1, -0.05) is 13.3 Å². The van der Waals surface area contributed by atoms with Crippen LogP contribution in [0.25, 0.3) is 0 Å². The Labute approximate surface area is 131 Å². The Balaban J connectivity index is 2.18. The van der Waals surface area contributed by atoms with E-state index in [4.69, 9.17) is 0 Å². The summed E-state index contributed by atoms with van der Waals surface area (Å²) < 4.78 is 13.4. The fourth-order valence-electron chi connectivity index (χ4n) is 2.82. The molecule has 1 heterocycles. The van der Waals surface area contributed by atoms with Gasteiger partial charge in [-0.15, -0.1) is 0 Å². The van der Waals surface area contributed by atoms with Crippen LogP contribution in [0.2, 0.25) is 0 Å². The lowest BCUT2D eigenvalue weighted by Gasteiger charge is -2.24. The Morgan fingerprint density at radius 2 is 2.19 bits per heavy atom. The molecule has 1 aliphatic rings. The van der Waals surface area contributed by atoms with Crippen molar-refractivity contribution in [2.24, 2.45) is 5.41 Å². The third-order valence-electron chi connectivity index (χ3n) is 3.99. The van der Waals surface area contributed by atoms with Crippen LogP contribution >= 0.6 is 15.9 Å². The van der Waals surface area contributed by atoms with Gasteiger partial charge in [0.25, 0.3) is 5.91 Å². The van der Waals surface area contributed by atoms with Crippen molar-refractivity contribution in [3.05, 3.63) is 34.1 Å². The number of carbonyl (C=O) groups excluding carboxylic acids is 1. The normalized spacial score (nSPS) is 21.6. The van der Waals surface area contributed by atoms with Gasteiger partial charge in [0.05, 0.1) is 9.89 Å². The van der Waals surface area contributed by atoms with Gasteiger partial charge >= 0.3 is 5.97 Å². The lowest BCUT2D eigenvalue weighted by molar-refractivity contribution is -0.148. The highest BCUT2D eigenvalue weighted by Gasteiger charge is 2.45. The largest absolute Gasteiger partial charge is 0.481 e. The summed E-state index contributed by atoms with van der Waals surface area (Å²) in [5.74, 6) is -1.53. The van der Waals surface area contributed by atoms with E-state index in [0.29, 0.717) is 24.9 Å². The van der Waals surface area contributed by atoms with Crippen LogP contribution in [-0.2, 0) is 4.79 Å². The van der Waals surface area contributed by atoms with E-state index in [1.54, 1.807) is 4.90 Å². The molecule has 1 fully saturated rings. The summed E-state index contributed by atoms with van der Waals surface area (Å²) in [7, 11) is 0. The lowest BCUT2D eigenvalue weighted by Crippen LogP contribution is -2.36. The number of carboxylic acids is 1. The van der Waals surface area contributed by atoms with E-state index in [0.717, 1.165) is 6.42 Å². The molecule has 1 unspecified atom stereocenters. The molecule has 6 heteroatoms. The zero-order chi connectivity index (χ0) is 15.6. The zero-order valence-corrected chi connectivity index (χ0v) is 13.3. The van der Waals surface area contributed by atoms with Crippen LogP contribution in [-0.4, -0.2) is 35.0 Å². The minimum absolute atomic E-state index is 0.212. The molecule has 1 saturated heterocycles. The Kier molecular flexibility index (Phi) is 4.66. The maximum absolute atomic E-state index is 13.2. The molecule has 4 nitrogen and oxygen atoms in total. The Hall–Kier alpha value is -1.43. The number of hydrogen-bond acceptors (Lipinski definition) is 2. The van der Waals surface area contributed by atoms with E-state index in [1.807, 2.05) is 6.92 Å². The first-order chi connectivity index (χ1) is 9.89. The lowest BCUT2D eigenvalue weighted by atomic mass is 9.83. The van der Waals surface area contributed by atoms with Gasteiger partial charge in [-0.25, -0.2) is 4.39 Å². The Morgan fingerprint density at radius 1 is 1.48 bits per heavy atom.